The smallest absolute Gasteiger partial charge is 0.0659 e. The number of rotatable bonds is 7. The van der Waals surface area contributed by atoms with Gasteiger partial charge in [0.05, 0.1) is 17.1 Å². The van der Waals surface area contributed by atoms with E-state index in [1.165, 1.54) is 43.4 Å². The molecule has 0 bridgehead atoms. The van der Waals surface area contributed by atoms with E-state index in [-0.39, 0.29) is 0 Å². The van der Waals surface area contributed by atoms with Crippen LogP contribution >= 0.6 is 0 Å². The summed E-state index contributed by atoms with van der Waals surface area (Å²) in [4.78, 5) is 0. The van der Waals surface area contributed by atoms with Gasteiger partial charge in [-0.25, -0.2) is 5.01 Å². The molecule has 0 aliphatic carbocycles. The van der Waals surface area contributed by atoms with E-state index in [0.29, 0.717) is 5.92 Å². The molecule has 0 aliphatic heterocycles. The lowest BCUT2D eigenvalue weighted by molar-refractivity contribution is 0.531. The summed E-state index contributed by atoms with van der Waals surface area (Å²) in [5.74, 6) is 0.658. The molecule has 42 heavy (non-hydrogen) atoms. The first kappa shape index (κ1) is 26.0. The molecule has 0 fully saturated rings. The molecular formula is C39H35N3. The monoisotopic (exact) mass is 545 g/mol. The van der Waals surface area contributed by atoms with Crippen LogP contribution in [0.2, 0.25) is 0 Å². The van der Waals surface area contributed by atoms with Gasteiger partial charge in [0.1, 0.15) is 0 Å². The van der Waals surface area contributed by atoms with Gasteiger partial charge in [-0.3, -0.25) is 0 Å². The zero-order chi connectivity index (χ0) is 28.6. The molecule has 0 unspecified atom stereocenters. The number of benzene rings is 6. The maximum Gasteiger partial charge on any atom is 0.0659 e. The first-order valence-electron chi connectivity index (χ1n) is 14.9. The van der Waals surface area contributed by atoms with Crippen LogP contribution in [0.15, 0.2) is 132 Å². The van der Waals surface area contributed by atoms with Crippen molar-refractivity contribution in [1.29, 1.82) is 0 Å². The molecular weight excluding hydrogens is 510 g/mol. The lowest BCUT2D eigenvalue weighted by Crippen LogP contribution is -2.12. The van der Waals surface area contributed by atoms with Crippen LogP contribution in [0.25, 0.3) is 43.4 Å². The Morgan fingerprint density at radius 3 is 1.83 bits per heavy atom. The number of para-hydroxylation sites is 1. The van der Waals surface area contributed by atoms with Crippen molar-refractivity contribution in [3.63, 3.8) is 0 Å². The molecule has 0 saturated carbocycles. The third-order valence-corrected chi connectivity index (χ3v) is 8.33. The number of nitrogens with zero attached hydrogens (tertiary/aromatic N) is 3. The van der Waals surface area contributed by atoms with Gasteiger partial charge in [-0.15, -0.1) is 0 Å². The highest BCUT2D eigenvalue weighted by Crippen LogP contribution is 2.33. The minimum atomic E-state index is 0.658. The van der Waals surface area contributed by atoms with Crippen LogP contribution in [0.3, 0.4) is 0 Å². The molecule has 0 aliphatic rings. The van der Waals surface area contributed by atoms with Crippen LogP contribution in [0.5, 0.6) is 0 Å². The van der Waals surface area contributed by atoms with Crippen LogP contribution in [0.4, 0.5) is 11.4 Å². The third kappa shape index (κ3) is 4.81. The molecule has 0 saturated heterocycles. The number of hydrazone groups is 1. The van der Waals surface area contributed by atoms with E-state index >= 15 is 0 Å². The molecule has 0 spiro atoms. The molecule has 7 rings (SSSR count). The maximum atomic E-state index is 5.30. The van der Waals surface area contributed by atoms with E-state index in [9.17, 15) is 0 Å². The fourth-order valence-electron chi connectivity index (χ4n) is 6.00. The SMILES string of the molecule is C/C(=N/N(c1ccc2ccccc2c1)c1ccc2ccccc2c1)c1ccc2c(c1)c1ccccc1n2CCC(C)C. The van der Waals surface area contributed by atoms with Gasteiger partial charge in [0.25, 0.3) is 0 Å². The number of fused-ring (bicyclic) bond motifs is 5. The summed E-state index contributed by atoms with van der Waals surface area (Å²) in [7, 11) is 0. The van der Waals surface area contributed by atoms with Gasteiger partial charge in [0.15, 0.2) is 0 Å². The zero-order valence-electron chi connectivity index (χ0n) is 24.5. The number of hydrogen-bond donors (Lipinski definition) is 0. The first-order valence-corrected chi connectivity index (χ1v) is 14.9. The lowest BCUT2D eigenvalue weighted by atomic mass is 10.1. The van der Waals surface area contributed by atoms with Crippen molar-refractivity contribution in [1.82, 2.24) is 4.57 Å². The molecule has 0 N–H and O–H groups in total. The van der Waals surface area contributed by atoms with Crippen molar-refractivity contribution >= 4 is 60.4 Å². The van der Waals surface area contributed by atoms with Gasteiger partial charge in [-0.1, -0.05) is 98.8 Å². The molecule has 1 heterocycles. The van der Waals surface area contributed by atoms with E-state index in [4.69, 9.17) is 5.10 Å². The normalized spacial score (nSPS) is 12.2. The quantitative estimate of drug-likeness (QED) is 0.144. The molecule has 0 radical (unpaired) electrons. The third-order valence-electron chi connectivity index (χ3n) is 8.33. The van der Waals surface area contributed by atoms with E-state index in [0.717, 1.165) is 35.6 Å². The van der Waals surface area contributed by atoms with Crippen molar-refractivity contribution in [2.45, 2.75) is 33.7 Å². The van der Waals surface area contributed by atoms with E-state index in [1.54, 1.807) is 0 Å². The first-order chi connectivity index (χ1) is 20.5. The van der Waals surface area contributed by atoms with E-state index in [2.05, 4.69) is 158 Å². The molecule has 1 aromatic heterocycles. The number of hydrogen-bond acceptors (Lipinski definition) is 2. The summed E-state index contributed by atoms with van der Waals surface area (Å²) in [5.41, 5.74) is 6.76. The Balaban J connectivity index is 1.36. The summed E-state index contributed by atoms with van der Waals surface area (Å²) in [5, 5.41) is 14.8. The van der Waals surface area contributed by atoms with Gasteiger partial charge in [0, 0.05) is 28.4 Å². The highest BCUT2D eigenvalue weighted by molar-refractivity contribution is 6.11. The van der Waals surface area contributed by atoms with Gasteiger partial charge >= 0.3 is 0 Å². The second kappa shape index (κ2) is 10.8. The zero-order valence-corrected chi connectivity index (χ0v) is 24.5. The molecule has 0 amide bonds. The van der Waals surface area contributed by atoms with Gasteiger partial charge in [-0.05, 0) is 88.8 Å². The highest BCUT2D eigenvalue weighted by Gasteiger charge is 2.15. The predicted molar refractivity (Wildman–Crippen MR) is 181 cm³/mol. The standard InChI is InChI=1S/C39H35N3/c1-27(2)22-23-41-38-15-9-8-14-36(38)37-26-31(18-21-39(37)41)28(3)40-42(34-19-16-29-10-4-6-12-32(29)24-34)35-20-17-30-11-5-7-13-33(30)25-35/h4-21,24-27H,22-23H2,1-3H3/b40-28-. The Kier molecular flexibility index (Phi) is 6.71. The number of aromatic nitrogens is 1. The van der Waals surface area contributed by atoms with Crippen LogP contribution in [-0.2, 0) is 6.54 Å². The van der Waals surface area contributed by atoms with Crippen molar-refractivity contribution in [2.24, 2.45) is 11.0 Å². The molecule has 6 aromatic carbocycles. The minimum Gasteiger partial charge on any atom is -0.340 e. The van der Waals surface area contributed by atoms with Crippen molar-refractivity contribution in [2.75, 3.05) is 5.01 Å². The van der Waals surface area contributed by atoms with E-state index < -0.39 is 0 Å². The Morgan fingerprint density at radius 2 is 1.19 bits per heavy atom. The summed E-state index contributed by atoms with van der Waals surface area (Å²) >= 11 is 0. The van der Waals surface area contributed by atoms with Crippen molar-refractivity contribution < 1.29 is 0 Å². The summed E-state index contributed by atoms with van der Waals surface area (Å²) in [6.07, 6.45) is 1.16. The summed E-state index contributed by atoms with van der Waals surface area (Å²) in [6.45, 7) is 7.73. The largest absolute Gasteiger partial charge is 0.340 e. The second-order valence-electron chi connectivity index (χ2n) is 11.6. The predicted octanol–water partition coefficient (Wildman–Crippen LogP) is 10.7. The minimum absolute atomic E-state index is 0.658. The lowest BCUT2D eigenvalue weighted by Gasteiger charge is -2.22. The average molecular weight is 546 g/mol. The second-order valence-corrected chi connectivity index (χ2v) is 11.6. The molecule has 0 atom stereocenters. The average Bonchev–Trinajstić information content (AvgIpc) is 3.35. The summed E-state index contributed by atoms with van der Waals surface area (Å²) in [6, 6.07) is 45.7. The van der Waals surface area contributed by atoms with Gasteiger partial charge < -0.3 is 4.57 Å². The van der Waals surface area contributed by atoms with Gasteiger partial charge in [-0.2, -0.15) is 5.10 Å². The van der Waals surface area contributed by atoms with Crippen LogP contribution in [0.1, 0.15) is 32.8 Å². The summed E-state index contributed by atoms with van der Waals surface area (Å²) < 4.78 is 2.48. The number of anilines is 2. The van der Waals surface area contributed by atoms with Crippen molar-refractivity contribution in [3.8, 4) is 0 Å². The molecule has 206 valence electrons. The number of aryl methyl sites for hydroxylation is 1. The fraction of sp³-hybridized carbons (Fsp3) is 0.154. The molecule has 7 aromatic rings. The maximum absolute atomic E-state index is 5.30. The Morgan fingerprint density at radius 1 is 0.619 bits per heavy atom. The topological polar surface area (TPSA) is 20.5 Å². The Bertz CT molecular complexity index is 2020. The molecule has 3 nitrogen and oxygen atoms in total. The van der Waals surface area contributed by atoms with Crippen LogP contribution in [0, 0.1) is 5.92 Å². The van der Waals surface area contributed by atoms with Crippen molar-refractivity contribution in [3.05, 3.63) is 133 Å². The van der Waals surface area contributed by atoms with Gasteiger partial charge in [0.2, 0.25) is 0 Å². The van der Waals surface area contributed by atoms with E-state index in [1.807, 2.05) is 0 Å². The van der Waals surface area contributed by atoms with Crippen LogP contribution in [-0.4, -0.2) is 10.3 Å². The Hall–Kier alpha value is -4.89. The Labute approximate surface area is 247 Å². The fourth-order valence-corrected chi connectivity index (χ4v) is 6.00. The molecule has 3 heteroatoms. The highest BCUT2D eigenvalue weighted by atomic mass is 15.5. The van der Waals surface area contributed by atoms with Crippen LogP contribution < -0.4 is 5.01 Å².